The number of amides is 2. The molecule has 0 bridgehead atoms. The van der Waals surface area contributed by atoms with Gasteiger partial charge in [0.1, 0.15) is 19.2 Å². The maximum absolute atomic E-state index is 13.1. The zero-order valence-electron chi connectivity index (χ0n) is 18.9. The van der Waals surface area contributed by atoms with Crippen LogP contribution in [0.2, 0.25) is 0 Å². The Balaban J connectivity index is 1.47. The largest absolute Gasteiger partial charge is 0.480 e. The van der Waals surface area contributed by atoms with Gasteiger partial charge >= 0.3 is 12.1 Å². The number of carbonyl (C=O) groups is 3. The van der Waals surface area contributed by atoms with Gasteiger partial charge in [0.2, 0.25) is 5.91 Å². The van der Waals surface area contributed by atoms with Crippen molar-refractivity contribution in [3.05, 3.63) is 77.9 Å². The van der Waals surface area contributed by atoms with Crippen LogP contribution in [0.5, 0.6) is 0 Å². The van der Waals surface area contributed by atoms with Crippen molar-refractivity contribution in [3.8, 4) is 11.1 Å². The van der Waals surface area contributed by atoms with E-state index < -0.39 is 37.2 Å². The number of carboxylic acid groups (broad SMARTS) is 1. The lowest BCUT2D eigenvalue weighted by molar-refractivity contribution is -0.145. The number of rotatable bonds is 10. The van der Waals surface area contributed by atoms with Crippen LogP contribution in [0.3, 0.4) is 0 Å². The number of aromatic amines is 1. The zero-order chi connectivity index (χ0) is 24.8. The Bertz CT molecular complexity index is 1150. The van der Waals surface area contributed by atoms with Crippen molar-refractivity contribution in [1.82, 2.24) is 20.2 Å². The molecule has 182 valence electrons. The fourth-order valence-corrected chi connectivity index (χ4v) is 4.37. The number of aliphatic carboxylic acids is 1. The van der Waals surface area contributed by atoms with Gasteiger partial charge in [0.15, 0.2) is 0 Å². The third-order valence-electron chi connectivity index (χ3n) is 5.92. The number of imidazole rings is 1. The first-order valence-corrected chi connectivity index (χ1v) is 11.2. The Morgan fingerprint density at radius 1 is 1.09 bits per heavy atom. The highest BCUT2D eigenvalue weighted by molar-refractivity contribution is 5.88. The van der Waals surface area contributed by atoms with E-state index in [9.17, 15) is 19.5 Å². The lowest BCUT2D eigenvalue weighted by Crippen LogP contribution is -2.51. The summed E-state index contributed by atoms with van der Waals surface area (Å²) in [7, 11) is 0. The minimum Gasteiger partial charge on any atom is -0.480 e. The first-order valence-electron chi connectivity index (χ1n) is 11.2. The molecule has 2 amide bonds. The minimum absolute atomic E-state index is 0.0462. The summed E-state index contributed by atoms with van der Waals surface area (Å²) in [6.45, 7) is -1.14. The summed E-state index contributed by atoms with van der Waals surface area (Å²) in [6.07, 6.45) is 2.19. The Hall–Kier alpha value is -4.18. The number of carbonyl (C=O) groups excluding carboxylic acids is 2. The lowest BCUT2D eigenvalue weighted by atomic mass is 9.98. The molecular weight excluding hydrogens is 452 g/mol. The first-order chi connectivity index (χ1) is 17.0. The molecule has 0 saturated carbocycles. The fraction of sp³-hybridized carbons (Fsp3) is 0.280. The van der Waals surface area contributed by atoms with Crippen molar-refractivity contribution in [3.63, 3.8) is 0 Å². The molecule has 2 aromatic carbocycles. The molecule has 0 radical (unpaired) electrons. The van der Waals surface area contributed by atoms with Gasteiger partial charge in [-0.2, -0.15) is 0 Å². The summed E-state index contributed by atoms with van der Waals surface area (Å²) in [6, 6.07) is 14.8. The van der Waals surface area contributed by atoms with Gasteiger partial charge in [0.25, 0.3) is 0 Å². The summed E-state index contributed by atoms with van der Waals surface area (Å²) >= 11 is 0. The number of ether oxygens (including phenoxy) is 1. The van der Waals surface area contributed by atoms with Gasteiger partial charge in [-0.3, -0.25) is 9.59 Å². The van der Waals surface area contributed by atoms with Crippen molar-refractivity contribution >= 4 is 18.0 Å². The fourth-order valence-electron chi connectivity index (χ4n) is 4.37. The first kappa shape index (κ1) is 24.0. The van der Waals surface area contributed by atoms with E-state index in [1.54, 1.807) is 0 Å². The summed E-state index contributed by atoms with van der Waals surface area (Å²) in [5.74, 6) is -2.02. The molecule has 35 heavy (non-hydrogen) atoms. The number of aliphatic hydroxyl groups is 1. The summed E-state index contributed by atoms with van der Waals surface area (Å²) in [5.41, 5.74) is 4.88. The monoisotopic (exact) mass is 478 g/mol. The van der Waals surface area contributed by atoms with Crippen molar-refractivity contribution in [1.29, 1.82) is 0 Å². The molecule has 1 aliphatic rings. The SMILES string of the molecule is O=C(O)CN(CCO)C(=O)C(Cc1cnc[nH]1)NC(=O)OCC1c2ccccc2-c2ccccc21. The van der Waals surface area contributed by atoms with E-state index in [2.05, 4.69) is 15.3 Å². The molecule has 1 heterocycles. The van der Waals surface area contributed by atoms with Crippen LogP contribution in [0, 0.1) is 0 Å². The third kappa shape index (κ3) is 5.49. The highest BCUT2D eigenvalue weighted by Crippen LogP contribution is 2.44. The van der Waals surface area contributed by atoms with Crippen LogP contribution in [0.15, 0.2) is 61.1 Å². The molecule has 0 aliphatic heterocycles. The molecule has 3 aromatic rings. The normalized spacial score (nSPS) is 12.9. The molecular formula is C25H26N4O6. The number of fused-ring (bicyclic) bond motifs is 3. The summed E-state index contributed by atoms with van der Waals surface area (Å²) in [4.78, 5) is 44.8. The molecule has 0 spiro atoms. The van der Waals surface area contributed by atoms with Gasteiger partial charge < -0.3 is 30.2 Å². The second-order valence-corrected chi connectivity index (χ2v) is 8.18. The van der Waals surface area contributed by atoms with Gasteiger partial charge in [0.05, 0.1) is 12.9 Å². The van der Waals surface area contributed by atoms with Gasteiger partial charge in [-0.05, 0) is 22.3 Å². The topological polar surface area (TPSA) is 145 Å². The van der Waals surface area contributed by atoms with Crippen LogP contribution in [0.1, 0.15) is 22.7 Å². The Morgan fingerprint density at radius 3 is 2.31 bits per heavy atom. The molecule has 1 atom stereocenters. The molecule has 0 saturated heterocycles. The van der Waals surface area contributed by atoms with E-state index in [1.165, 1.54) is 12.5 Å². The van der Waals surface area contributed by atoms with E-state index in [0.29, 0.717) is 5.69 Å². The standard InChI is InChI=1S/C25H26N4O6/c30-10-9-29(13-23(31)32)24(33)22(11-16-12-26-15-27-16)28-25(34)35-14-21-19-7-3-1-5-17(19)18-6-2-4-8-20(18)21/h1-8,12,15,21-22,30H,9-11,13-14H2,(H,26,27)(H,28,34)(H,31,32). The molecule has 4 rings (SSSR count). The predicted octanol–water partition coefficient (Wildman–Crippen LogP) is 1.77. The van der Waals surface area contributed by atoms with Crippen LogP contribution in [-0.4, -0.2) is 75.4 Å². The number of aromatic nitrogens is 2. The molecule has 4 N–H and O–H groups in total. The van der Waals surface area contributed by atoms with Crippen LogP contribution < -0.4 is 5.32 Å². The molecule has 1 aliphatic carbocycles. The number of H-pyrrole nitrogens is 1. The van der Waals surface area contributed by atoms with E-state index in [1.807, 2.05) is 48.5 Å². The molecule has 1 unspecified atom stereocenters. The average Bonchev–Trinajstić information content (AvgIpc) is 3.47. The van der Waals surface area contributed by atoms with Crippen LogP contribution in [0.4, 0.5) is 4.79 Å². The molecule has 0 fully saturated rings. The summed E-state index contributed by atoms with van der Waals surface area (Å²) < 4.78 is 5.55. The van der Waals surface area contributed by atoms with E-state index >= 15 is 0 Å². The zero-order valence-corrected chi connectivity index (χ0v) is 18.9. The van der Waals surface area contributed by atoms with Gasteiger partial charge in [-0.1, -0.05) is 48.5 Å². The van der Waals surface area contributed by atoms with Crippen LogP contribution >= 0.6 is 0 Å². The molecule has 10 nitrogen and oxygen atoms in total. The average molecular weight is 479 g/mol. The van der Waals surface area contributed by atoms with Crippen molar-refractivity contribution < 1.29 is 29.3 Å². The number of nitrogens with zero attached hydrogens (tertiary/aromatic N) is 2. The lowest BCUT2D eigenvalue weighted by Gasteiger charge is -2.26. The predicted molar refractivity (Wildman–Crippen MR) is 126 cm³/mol. The summed E-state index contributed by atoms with van der Waals surface area (Å²) in [5, 5.41) is 21.0. The molecule has 1 aromatic heterocycles. The van der Waals surface area contributed by atoms with Gasteiger partial charge in [-0.25, -0.2) is 9.78 Å². The maximum atomic E-state index is 13.1. The van der Waals surface area contributed by atoms with Crippen molar-refractivity contribution in [2.45, 2.75) is 18.4 Å². The van der Waals surface area contributed by atoms with E-state index in [0.717, 1.165) is 27.2 Å². The number of benzene rings is 2. The number of carboxylic acids is 1. The Morgan fingerprint density at radius 2 is 1.74 bits per heavy atom. The van der Waals surface area contributed by atoms with Gasteiger partial charge in [-0.15, -0.1) is 0 Å². The van der Waals surface area contributed by atoms with Gasteiger partial charge in [0, 0.05) is 30.8 Å². The third-order valence-corrected chi connectivity index (χ3v) is 5.92. The van der Waals surface area contributed by atoms with E-state index in [-0.39, 0.29) is 25.5 Å². The quantitative estimate of drug-likeness (QED) is 0.347. The Labute approximate surface area is 201 Å². The second kappa shape index (κ2) is 10.8. The smallest absolute Gasteiger partial charge is 0.407 e. The Kier molecular flexibility index (Phi) is 7.41. The molecule has 10 heteroatoms. The number of aliphatic hydroxyl groups excluding tert-OH is 1. The van der Waals surface area contributed by atoms with Crippen LogP contribution in [-0.2, 0) is 20.7 Å². The maximum Gasteiger partial charge on any atom is 0.407 e. The second-order valence-electron chi connectivity index (χ2n) is 8.18. The van der Waals surface area contributed by atoms with Crippen LogP contribution in [0.25, 0.3) is 11.1 Å². The van der Waals surface area contributed by atoms with E-state index in [4.69, 9.17) is 9.84 Å². The number of alkyl carbamates (subject to hydrolysis) is 1. The number of hydrogen-bond acceptors (Lipinski definition) is 6. The van der Waals surface area contributed by atoms with Crippen molar-refractivity contribution in [2.75, 3.05) is 26.3 Å². The number of nitrogens with one attached hydrogen (secondary N) is 2. The highest BCUT2D eigenvalue weighted by atomic mass is 16.5. The highest BCUT2D eigenvalue weighted by Gasteiger charge is 2.31. The minimum atomic E-state index is -1.23. The number of hydrogen-bond donors (Lipinski definition) is 4. The van der Waals surface area contributed by atoms with Crippen molar-refractivity contribution in [2.24, 2.45) is 0 Å².